The molecule has 26 heavy (non-hydrogen) atoms. The molecule has 7 rings (SSSR count). The molecule has 3 heterocycles. The van der Waals surface area contributed by atoms with Crippen molar-refractivity contribution in [1.82, 2.24) is 4.90 Å². The normalized spacial score (nSPS) is 37.8. The average Bonchev–Trinajstić information content (AvgIpc) is 2.76. The first-order valence-electron chi connectivity index (χ1n) is 10.1. The highest BCUT2D eigenvalue weighted by Gasteiger charge is 2.56. The van der Waals surface area contributed by atoms with E-state index in [0.29, 0.717) is 12.0 Å². The van der Waals surface area contributed by atoms with Crippen LogP contribution in [0.15, 0.2) is 35.3 Å². The highest BCUT2D eigenvalue weighted by Crippen LogP contribution is 2.55. The molecule has 0 amide bonds. The van der Waals surface area contributed by atoms with Gasteiger partial charge < -0.3 is 4.74 Å². The number of fused-ring (bicyclic) bond motifs is 3. The Kier molecular flexibility index (Phi) is 2.98. The van der Waals surface area contributed by atoms with Gasteiger partial charge in [-0.25, -0.2) is 0 Å². The fourth-order valence-corrected chi connectivity index (χ4v) is 6.37. The van der Waals surface area contributed by atoms with Crippen molar-refractivity contribution in [3.05, 3.63) is 35.9 Å². The van der Waals surface area contributed by atoms with Gasteiger partial charge in [0.15, 0.2) is 0 Å². The number of hydrogen-bond acceptors (Lipinski definition) is 3. The van der Waals surface area contributed by atoms with Gasteiger partial charge in [0.25, 0.3) is 0 Å². The topological polar surface area (TPSA) is 24.8 Å². The summed E-state index contributed by atoms with van der Waals surface area (Å²) in [5, 5.41) is 2.44. The van der Waals surface area contributed by atoms with Crippen molar-refractivity contribution < 1.29 is 4.74 Å². The van der Waals surface area contributed by atoms with E-state index in [-0.39, 0.29) is 5.72 Å². The monoisotopic (exact) mass is 346 g/mol. The minimum atomic E-state index is -0.348. The summed E-state index contributed by atoms with van der Waals surface area (Å²) in [6.45, 7) is 2.14. The summed E-state index contributed by atoms with van der Waals surface area (Å²) in [6.07, 6.45) is 8.87. The zero-order valence-electron chi connectivity index (χ0n) is 15.6. The van der Waals surface area contributed by atoms with E-state index in [4.69, 9.17) is 9.73 Å². The van der Waals surface area contributed by atoms with Crippen molar-refractivity contribution in [3.63, 3.8) is 0 Å². The Morgan fingerprint density at radius 1 is 1.04 bits per heavy atom. The van der Waals surface area contributed by atoms with Crippen LogP contribution in [0.1, 0.15) is 37.7 Å². The lowest BCUT2D eigenvalue weighted by Gasteiger charge is -2.45. The fourth-order valence-electron chi connectivity index (χ4n) is 6.37. The van der Waals surface area contributed by atoms with Gasteiger partial charge in [0.2, 0.25) is 5.72 Å². The third kappa shape index (κ3) is 1.95. The van der Waals surface area contributed by atoms with Gasteiger partial charge in [-0.05, 0) is 75.4 Å². The number of benzene rings is 2. The largest absolute Gasteiger partial charge is 0.465 e. The molecule has 3 heteroatoms. The summed E-state index contributed by atoms with van der Waals surface area (Å²) in [6, 6.07) is 11.5. The summed E-state index contributed by atoms with van der Waals surface area (Å²) >= 11 is 0. The van der Waals surface area contributed by atoms with Crippen molar-refractivity contribution in [3.8, 4) is 5.75 Å². The molecule has 4 bridgehead atoms. The Balaban J connectivity index is 1.50. The van der Waals surface area contributed by atoms with E-state index in [2.05, 4.69) is 55.4 Å². The molecule has 3 atom stereocenters. The number of ether oxygens (including phenoxy) is 1. The van der Waals surface area contributed by atoms with Crippen LogP contribution in [0.3, 0.4) is 0 Å². The molecule has 134 valence electrons. The zero-order valence-corrected chi connectivity index (χ0v) is 15.6. The zero-order chi connectivity index (χ0) is 17.5. The highest BCUT2D eigenvalue weighted by molar-refractivity contribution is 5.98. The Morgan fingerprint density at radius 2 is 1.81 bits per heavy atom. The van der Waals surface area contributed by atoms with Gasteiger partial charge >= 0.3 is 0 Å². The Morgan fingerprint density at radius 3 is 2.62 bits per heavy atom. The Bertz CT molecular complexity index is 921. The van der Waals surface area contributed by atoms with Crippen LogP contribution in [0.2, 0.25) is 0 Å². The summed E-state index contributed by atoms with van der Waals surface area (Å²) < 4.78 is 6.86. The van der Waals surface area contributed by atoms with Crippen LogP contribution in [0.25, 0.3) is 10.8 Å². The molecule has 2 aliphatic carbocycles. The molecule has 2 aromatic carbocycles. The predicted molar refractivity (Wildman–Crippen MR) is 105 cm³/mol. The summed E-state index contributed by atoms with van der Waals surface area (Å²) in [7, 11) is 2.27. The molecule has 3 unspecified atom stereocenters. The number of hydrogen-bond donors (Lipinski definition) is 0. The van der Waals surface area contributed by atoms with E-state index in [1.807, 2.05) is 0 Å². The highest BCUT2D eigenvalue weighted by atomic mass is 16.5. The first-order chi connectivity index (χ1) is 12.6. The predicted octanol–water partition coefficient (Wildman–Crippen LogP) is 5.08. The van der Waals surface area contributed by atoms with E-state index in [1.165, 1.54) is 48.4 Å². The second-order valence-corrected chi connectivity index (χ2v) is 9.12. The molecular formula is C23H26N2O. The molecule has 1 spiro atoms. The molecule has 0 N–H and O–H groups in total. The summed E-state index contributed by atoms with van der Waals surface area (Å²) in [4.78, 5) is 7.57. The van der Waals surface area contributed by atoms with Gasteiger partial charge in [0.1, 0.15) is 11.4 Å². The lowest BCUT2D eigenvalue weighted by atomic mass is 9.67. The van der Waals surface area contributed by atoms with Gasteiger partial charge in [-0.15, -0.1) is 0 Å². The van der Waals surface area contributed by atoms with Crippen molar-refractivity contribution in [2.75, 3.05) is 7.05 Å². The van der Waals surface area contributed by atoms with Crippen LogP contribution in [-0.4, -0.2) is 29.9 Å². The molecule has 3 nitrogen and oxygen atoms in total. The van der Waals surface area contributed by atoms with Crippen LogP contribution in [0, 0.1) is 24.7 Å². The fraction of sp³-hybridized carbons (Fsp3) is 0.522. The molecule has 0 aromatic heterocycles. The number of aliphatic imine (C=N–C) groups is 1. The Labute approximate surface area is 155 Å². The lowest BCUT2D eigenvalue weighted by molar-refractivity contribution is -0.0623. The molecule has 2 aromatic rings. The summed E-state index contributed by atoms with van der Waals surface area (Å²) in [5.41, 5.74) is 1.93. The average molecular weight is 346 g/mol. The minimum absolute atomic E-state index is 0.348. The molecule has 3 aliphatic heterocycles. The smallest absolute Gasteiger partial charge is 0.202 e. The third-order valence-electron chi connectivity index (χ3n) is 7.56. The van der Waals surface area contributed by atoms with Gasteiger partial charge in [-0.3, -0.25) is 9.89 Å². The van der Waals surface area contributed by atoms with E-state index in [1.54, 1.807) is 0 Å². The van der Waals surface area contributed by atoms with Crippen molar-refractivity contribution in [2.24, 2.45) is 22.7 Å². The maximum Gasteiger partial charge on any atom is 0.202 e. The second kappa shape index (κ2) is 5.10. The van der Waals surface area contributed by atoms with E-state index in [9.17, 15) is 0 Å². The van der Waals surface area contributed by atoms with E-state index in [0.717, 1.165) is 23.3 Å². The van der Waals surface area contributed by atoms with Gasteiger partial charge in [-0.2, -0.15) is 0 Å². The minimum Gasteiger partial charge on any atom is -0.465 e. The molecule has 2 saturated heterocycles. The van der Waals surface area contributed by atoms with Gasteiger partial charge in [0.05, 0.1) is 6.21 Å². The molecule has 2 saturated carbocycles. The van der Waals surface area contributed by atoms with Crippen molar-refractivity contribution in [1.29, 1.82) is 0 Å². The number of aryl methyl sites for hydroxylation is 1. The molecule has 0 radical (unpaired) electrons. The van der Waals surface area contributed by atoms with Crippen molar-refractivity contribution >= 4 is 22.7 Å². The lowest BCUT2D eigenvalue weighted by Crippen LogP contribution is -2.59. The van der Waals surface area contributed by atoms with Crippen LogP contribution in [0.4, 0.5) is 5.69 Å². The van der Waals surface area contributed by atoms with Crippen LogP contribution < -0.4 is 4.74 Å². The molecular weight excluding hydrogens is 320 g/mol. The number of nitrogens with zero attached hydrogens (tertiary/aromatic N) is 2. The Hall–Kier alpha value is -1.87. The number of rotatable bonds is 0. The standard InChI is InChI=1S/C23H26N2O/c1-14-3-4-17-5-6-21-22(20(17)7-14)24-13-23(26-21)18-9-15-8-16(10-18)12-19(11-15)25(23)2/h3-7,13,15-16,18-19H,8-12H2,1-2H3. The third-order valence-corrected chi connectivity index (χ3v) is 7.56. The quantitative estimate of drug-likeness (QED) is 0.664. The van der Waals surface area contributed by atoms with Crippen LogP contribution in [0.5, 0.6) is 5.75 Å². The van der Waals surface area contributed by atoms with Crippen molar-refractivity contribution in [2.45, 2.75) is 50.8 Å². The van der Waals surface area contributed by atoms with Crippen LogP contribution in [-0.2, 0) is 0 Å². The van der Waals surface area contributed by atoms with Crippen LogP contribution >= 0.6 is 0 Å². The maximum absolute atomic E-state index is 6.86. The molecule has 4 fully saturated rings. The van der Waals surface area contributed by atoms with Gasteiger partial charge in [0, 0.05) is 17.3 Å². The summed E-state index contributed by atoms with van der Waals surface area (Å²) in [5.74, 6) is 3.29. The first kappa shape index (κ1) is 15.2. The van der Waals surface area contributed by atoms with E-state index < -0.39 is 0 Å². The van der Waals surface area contributed by atoms with Gasteiger partial charge in [-0.1, -0.05) is 23.8 Å². The molecule has 5 aliphatic rings. The first-order valence-corrected chi connectivity index (χ1v) is 10.1. The second-order valence-electron chi connectivity index (χ2n) is 9.12. The van der Waals surface area contributed by atoms with E-state index >= 15 is 0 Å². The SMILES string of the molecule is Cc1ccc2ccc3c(c2c1)N=CC1(O3)C2CC3CC(CC(C3)N1C)C2. The maximum atomic E-state index is 6.86.